The molecule has 0 atom stereocenters. The van der Waals surface area contributed by atoms with Gasteiger partial charge < -0.3 is 9.80 Å². The Morgan fingerprint density at radius 1 is 0.619 bits per heavy atom. The van der Waals surface area contributed by atoms with Crippen molar-refractivity contribution < 1.29 is 18.6 Å². The van der Waals surface area contributed by atoms with Crippen LogP contribution in [0.3, 0.4) is 0 Å². The van der Waals surface area contributed by atoms with Gasteiger partial charge in [0, 0.05) is 18.6 Å². The quantitative estimate of drug-likeness (QED) is 0.754. The Bertz CT molecular complexity index is 374. The monoisotopic (exact) mass is 323 g/mol. The first kappa shape index (κ1) is 20.2. The van der Waals surface area contributed by atoms with Gasteiger partial charge in [0.1, 0.15) is 0 Å². The molecule has 2 aromatic rings. The molecule has 0 bridgehead atoms. The first-order valence-electron chi connectivity index (χ1n) is 7.28. The van der Waals surface area contributed by atoms with Crippen molar-refractivity contribution >= 4 is 0 Å². The molecule has 0 spiro atoms. The van der Waals surface area contributed by atoms with Crippen molar-refractivity contribution in [2.45, 2.75) is 12.8 Å². The zero-order chi connectivity index (χ0) is 14.8. The molecular formula is C18H28N2V-2. The fraction of sp³-hybridized carbons (Fsp3) is 0.444. The SMILES string of the molecule is CN(C)CC[c-]1cccc1.CN(C)CC[c-]1cccc1.[V]. The Hall–Kier alpha value is -0.796. The number of hydrogen-bond acceptors (Lipinski definition) is 2. The van der Waals surface area contributed by atoms with Crippen LogP contribution < -0.4 is 0 Å². The smallest absolute Gasteiger partial charge is 0 e. The van der Waals surface area contributed by atoms with Gasteiger partial charge in [0.15, 0.2) is 0 Å². The van der Waals surface area contributed by atoms with Crippen LogP contribution in [0.1, 0.15) is 11.1 Å². The van der Waals surface area contributed by atoms with E-state index < -0.39 is 0 Å². The summed E-state index contributed by atoms with van der Waals surface area (Å²) in [4.78, 5) is 4.40. The van der Waals surface area contributed by atoms with Gasteiger partial charge >= 0.3 is 0 Å². The van der Waals surface area contributed by atoms with Crippen LogP contribution in [0.25, 0.3) is 0 Å². The van der Waals surface area contributed by atoms with Crippen LogP contribution in [0.5, 0.6) is 0 Å². The van der Waals surface area contributed by atoms with Crippen LogP contribution in [-0.4, -0.2) is 51.1 Å². The van der Waals surface area contributed by atoms with E-state index in [1.165, 1.54) is 24.0 Å². The van der Waals surface area contributed by atoms with E-state index in [9.17, 15) is 0 Å². The van der Waals surface area contributed by atoms with Crippen molar-refractivity contribution in [1.82, 2.24) is 9.80 Å². The average Bonchev–Trinajstić information content (AvgIpc) is 3.08. The Kier molecular flexibility index (Phi) is 11.4. The van der Waals surface area contributed by atoms with E-state index in [1.807, 2.05) is 0 Å². The van der Waals surface area contributed by atoms with E-state index in [0.717, 1.165) is 13.1 Å². The summed E-state index contributed by atoms with van der Waals surface area (Å²) in [5.41, 5.74) is 2.88. The molecule has 0 N–H and O–H groups in total. The van der Waals surface area contributed by atoms with Gasteiger partial charge in [-0.1, -0.05) is 12.8 Å². The van der Waals surface area contributed by atoms with Crippen molar-refractivity contribution in [1.29, 1.82) is 0 Å². The predicted molar refractivity (Wildman–Crippen MR) is 88.6 cm³/mol. The summed E-state index contributed by atoms with van der Waals surface area (Å²) in [5.74, 6) is 0. The van der Waals surface area contributed by atoms with Gasteiger partial charge in [-0.25, -0.2) is 24.3 Å². The fourth-order valence-corrected chi connectivity index (χ4v) is 1.87. The molecule has 0 fully saturated rings. The first-order chi connectivity index (χ1) is 9.58. The normalized spacial score (nSPS) is 10.2. The van der Waals surface area contributed by atoms with Crippen LogP contribution >= 0.6 is 0 Å². The van der Waals surface area contributed by atoms with E-state index in [-0.39, 0.29) is 18.6 Å². The summed E-state index contributed by atoms with van der Waals surface area (Å²) in [6, 6.07) is 17.0. The Balaban J connectivity index is 0.000000364. The molecule has 0 saturated heterocycles. The molecule has 3 heteroatoms. The summed E-state index contributed by atoms with van der Waals surface area (Å²) in [6.07, 6.45) is 2.33. The molecule has 0 aromatic heterocycles. The predicted octanol–water partition coefficient (Wildman–Crippen LogP) is 3.02. The van der Waals surface area contributed by atoms with Crippen LogP contribution in [0.4, 0.5) is 0 Å². The second-order valence-corrected chi connectivity index (χ2v) is 5.69. The second-order valence-electron chi connectivity index (χ2n) is 5.69. The topological polar surface area (TPSA) is 6.48 Å². The van der Waals surface area contributed by atoms with Crippen LogP contribution in [0.2, 0.25) is 0 Å². The molecule has 0 aliphatic heterocycles. The minimum Gasteiger partial charge on any atom is -0.310 e. The van der Waals surface area contributed by atoms with Gasteiger partial charge in [-0.3, -0.25) is 0 Å². The van der Waals surface area contributed by atoms with Gasteiger partial charge in [0.05, 0.1) is 0 Å². The molecule has 1 radical (unpaired) electrons. The maximum atomic E-state index is 2.20. The summed E-state index contributed by atoms with van der Waals surface area (Å²) in [7, 11) is 8.40. The fourth-order valence-electron chi connectivity index (χ4n) is 1.87. The summed E-state index contributed by atoms with van der Waals surface area (Å²) < 4.78 is 0. The maximum absolute atomic E-state index is 2.20. The molecule has 0 amide bonds. The van der Waals surface area contributed by atoms with Crippen LogP contribution in [-0.2, 0) is 31.4 Å². The van der Waals surface area contributed by atoms with Gasteiger partial charge in [0.25, 0.3) is 0 Å². The summed E-state index contributed by atoms with van der Waals surface area (Å²) in [5, 5.41) is 0. The average molecular weight is 323 g/mol. The number of likely N-dealkylation sites (N-methyl/N-ethyl adjacent to an activating group) is 2. The van der Waals surface area contributed by atoms with Crippen molar-refractivity contribution in [2.24, 2.45) is 0 Å². The van der Waals surface area contributed by atoms with Crippen molar-refractivity contribution in [3.05, 3.63) is 59.7 Å². The van der Waals surface area contributed by atoms with E-state index in [2.05, 4.69) is 86.5 Å². The first-order valence-corrected chi connectivity index (χ1v) is 7.28. The molecule has 2 aromatic carbocycles. The van der Waals surface area contributed by atoms with E-state index in [1.54, 1.807) is 0 Å². The third-order valence-corrected chi connectivity index (χ3v) is 3.16. The minimum absolute atomic E-state index is 0. The van der Waals surface area contributed by atoms with Gasteiger partial charge in [-0.05, 0) is 41.3 Å². The van der Waals surface area contributed by atoms with Crippen molar-refractivity contribution in [2.75, 3.05) is 41.3 Å². The molecule has 0 saturated carbocycles. The molecule has 2 rings (SSSR count). The van der Waals surface area contributed by atoms with E-state index in [0.29, 0.717) is 0 Å². The number of nitrogens with zero attached hydrogens (tertiary/aromatic N) is 2. The van der Waals surface area contributed by atoms with Crippen LogP contribution in [0, 0.1) is 0 Å². The summed E-state index contributed by atoms with van der Waals surface area (Å²) >= 11 is 0. The molecule has 0 aliphatic carbocycles. The number of rotatable bonds is 6. The minimum atomic E-state index is 0. The van der Waals surface area contributed by atoms with Crippen molar-refractivity contribution in [3.63, 3.8) is 0 Å². The maximum Gasteiger partial charge on any atom is 0 e. The van der Waals surface area contributed by atoms with E-state index >= 15 is 0 Å². The Morgan fingerprint density at radius 3 is 1.14 bits per heavy atom. The zero-order valence-corrected chi connectivity index (χ0v) is 15.2. The third kappa shape index (κ3) is 10.6. The summed E-state index contributed by atoms with van der Waals surface area (Å²) in [6.45, 7) is 2.29. The molecule has 117 valence electrons. The van der Waals surface area contributed by atoms with E-state index in [4.69, 9.17) is 0 Å². The molecular weight excluding hydrogens is 295 g/mol. The zero-order valence-electron chi connectivity index (χ0n) is 13.8. The molecule has 2 nitrogen and oxygen atoms in total. The molecule has 21 heavy (non-hydrogen) atoms. The molecule has 0 aliphatic rings. The van der Waals surface area contributed by atoms with Crippen molar-refractivity contribution in [3.8, 4) is 0 Å². The largest absolute Gasteiger partial charge is 0.310 e. The van der Waals surface area contributed by atoms with Gasteiger partial charge in [-0.15, -0.1) is 0 Å². The Labute approximate surface area is 142 Å². The Morgan fingerprint density at radius 2 is 0.905 bits per heavy atom. The molecule has 0 unspecified atom stereocenters. The standard InChI is InChI=1S/2C9H14N.V/c2*1-10(2)8-7-9-5-3-4-6-9;/h2*3-6H,7-8H2,1-2H3;/q2*-1;. The number of hydrogen-bond donors (Lipinski definition) is 0. The van der Waals surface area contributed by atoms with Crippen LogP contribution in [0.15, 0.2) is 48.5 Å². The molecule has 0 heterocycles. The van der Waals surface area contributed by atoms with Gasteiger partial charge in [-0.2, -0.15) is 35.4 Å². The third-order valence-electron chi connectivity index (χ3n) is 3.16. The van der Waals surface area contributed by atoms with Gasteiger partial charge in [0.2, 0.25) is 0 Å². The second kappa shape index (κ2) is 11.8.